The maximum absolute atomic E-state index is 12.5. The van der Waals surface area contributed by atoms with E-state index >= 15 is 0 Å². The maximum atomic E-state index is 12.5. The van der Waals surface area contributed by atoms with Gasteiger partial charge in [0.15, 0.2) is 5.82 Å². The van der Waals surface area contributed by atoms with Gasteiger partial charge in [-0.1, -0.05) is 12.8 Å². The molecule has 6 nitrogen and oxygen atoms in total. The first kappa shape index (κ1) is 13.2. The van der Waals surface area contributed by atoms with E-state index in [1.54, 1.807) is 4.68 Å². The molecule has 2 aliphatic carbocycles. The zero-order chi connectivity index (χ0) is 14.3. The Labute approximate surface area is 124 Å². The van der Waals surface area contributed by atoms with Crippen LogP contribution in [-0.4, -0.2) is 32.3 Å². The van der Waals surface area contributed by atoms with Crippen molar-refractivity contribution in [2.75, 3.05) is 0 Å². The number of hydrogen-bond donors (Lipinski definition) is 0. The molecule has 1 aromatic rings. The Morgan fingerprint density at radius 2 is 2.00 bits per heavy atom. The summed E-state index contributed by atoms with van der Waals surface area (Å²) in [7, 11) is 0. The Morgan fingerprint density at radius 3 is 2.86 bits per heavy atom. The summed E-state index contributed by atoms with van der Waals surface area (Å²) in [6.45, 7) is 0.570. The number of tetrazole rings is 1. The van der Waals surface area contributed by atoms with E-state index in [0.717, 1.165) is 25.1 Å². The number of aryl methyl sites for hydroxylation is 1. The van der Waals surface area contributed by atoms with Crippen molar-refractivity contribution in [3.8, 4) is 0 Å². The zero-order valence-electron chi connectivity index (χ0n) is 12.3. The monoisotopic (exact) mass is 290 g/mol. The molecule has 0 N–H and O–H groups in total. The summed E-state index contributed by atoms with van der Waals surface area (Å²) >= 11 is 0. The van der Waals surface area contributed by atoms with Crippen LogP contribution in [0.2, 0.25) is 0 Å². The van der Waals surface area contributed by atoms with Crippen LogP contribution >= 0.6 is 0 Å². The third-order valence-electron chi connectivity index (χ3n) is 5.73. The molecular formula is C15H22N4O2. The standard InChI is InChI=1S/C15H22N4O2/c20-14(11-5-6-13-16-17-18-19(13)10-11)21-12-4-3-9-15(12)7-1-2-8-15/h11-12H,1-10H2. The Balaban J connectivity index is 1.42. The van der Waals surface area contributed by atoms with E-state index in [0.29, 0.717) is 12.0 Å². The Kier molecular flexibility index (Phi) is 3.19. The van der Waals surface area contributed by atoms with Gasteiger partial charge < -0.3 is 4.74 Å². The molecule has 1 aromatic heterocycles. The van der Waals surface area contributed by atoms with E-state index < -0.39 is 0 Å². The van der Waals surface area contributed by atoms with Gasteiger partial charge in [0.1, 0.15) is 6.10 Å². The van der Waals surface area contributed by atoms with Gasteiger partial charge in [-0.2, -0.15) is 0 Å². The van der Waals surface area contributed by atoms with Crippen LogP contribution in [0.25, 0.3) is 0 Å². The van der Waals surface area contributed by atoms with Crippen LogP contribution in [0, 0.1) is 11.3 Å². The molecule has 2 atom stereocenters. The first-order valence-corrected chi connectivity index (χ1v) is 8.22. The Hall–Kier alpha value is -1.46. The summed E-state index contributed by atoms with van der Waals surface area (Å²) in [6, 6.07) is 0. The van der Waals surface area contributed by atoms with E-state index in [1.165, 1.54) is 38.5 Å². The number of aromatic nitrogens is 4. The quantitative estimate of drug-likeness (QED) is 0.778. The van der Waals surface area contributed by atoms with Crippen molar-refractivity contribution in [2.24, 2.45) is 11.3 Å². The van der Waals surface area contributed by atoms with Crippen LogP contribution in [-0.2, 0) is 22.5 Å². The molecule has 2 heterocycles. The van der Waals surface area contributed by atoms with Gasteiger partial charge in [-0.3, -0.25) is 4.79 Å². The van der Waals surface area contributed by atoms with Crippen LogP contribution in [0.1, 0.15) is 57.2 Å². The summed E-state index contributed by atoms with van der Waals surface area (Å²) in [5.74, 6) is 0.765. The van der Waals surface area contributed by atoms with E-state index in [2.05, 4.69) is 15.5 Å². The molecule has 2 saturated carbocycles. The lowest BCUT2D eigenvalue weighted by Gasteiger charge is -2.32. The van der Waals surface area contributed by atoms with Crippen molar-refractivity contribution in [2.45, 2.75) is 70.4 Å². The molecule has 0 radical (unpaired) electrons. The van der Waals surface area contributed by atoms with Crippen molar-refractivity contribution in [3.05, 3.63) is 5.82 Å². The summed E-state index contributed by atoms with van der Waals surface area (Å²) in [5.41, 5.74) is 0.310. The lowest BCUT2D eigenvalue weighted by Crippen LogP contribution is -2.36. The lowest BCUT2D eigenvalue weighted by molar-refractivity contribution is -0.160. The first-order chi connectivity index (χ1) is 10.3. The largest absolute Gasteiger partial charge is 0.462 e. The number of carbonyl (C=O) groups excluding carboxylic acids is 1. The van der Waals surface area contributed by atoms with Crippen LogP contribution in [0.3, 0.4) is 0 Å². The number of hydrogen-bond acceptors (Lipinski definition) is 5. The highest BCUT2D eigenvalue weighted by Gasteiger charge is 2.47. The van der Waals surface area contributed by atoms with Crippen molar-refractivity contribution in [1.29, 1.82) is 0 Å². The number of esters is 1. The number of rotatable bonds is 2. The first-order valence-electron chi connectivity index (χ1n) is 8.22. The molecule has 0 aromatic carbocycles. The average Bonchev–Trinajstić information content (AvgIpc) is 3.22. The van der Waals surface area contributed by atoms with Crippen molar-refractivity contribution < 1.29 is 9.53 Å². The fourth-order valence-electron chi connectivity index (χ4n) is 4.52. The molecule has 6 heteroatoms. The third kappa shape index (κ3) is 2.24. The van der Waals surface area contributed by atoms with E-state index in [9.17, 15) is 4.79 Å². The molecule has 3 aliphatic rings. The van der Waals surface area contributed by atoms with E-state index in [-0.39, 0.29) is 18.0 Å². The minimum absolute atomic E-state index is 0.0330. The smallest absolute Gasteiger partial charge is 0.311 e. The van der Waals surface area contributed by atoms with Gasteiger partial charge in [-0.05, 0) is 49.0 Å². The van der Waals surface area contributed by atoms with Crippen LogP contribution in [0.5, 0.6) is 0 Å². The van der Waals surface area contributed by atoms with E-state index in [4.69, 9.17) is 4.74 Å². The summed E-state index contributed by atoms with van der Waals surface area (Å²) in [5, 5.41) is 11.6. The number of carbonyl (C=O) groups is 1. The predicted octanol–water partition coefficient (Wildman–Crippen LogP) is 1.89. The van der Waals surface area contributed by atoms with Gasteiger partial charge in [0.05, 0.1) is 12.5 Å². The van der Waals surface area contributed by atoms with Gasteiger partial charge in [0.25, 0.3) is 0 Å². The summed E-state index contributed by atoms with van der Waals surface area (Å²) in [6.07, 6.45) is 10.3. The van der Waals surface area contributed by atoms with Gasteiger partial charge in [0.2, 0.25) is 0 Å². The normalized spacial score (nSPS) is 30.5. The minimum Gasteiger partial charge on any atom is -0.462 e. The van der Waals surface area contributed by atoms with Crippen LogP contribution in [0.15, 0.2) is 0 Å². The van der Waals surface area contributed by atoms with Crippen LogP contribution < -0.4 is 0 Å². The van der Waals surface area contributed by atoms with Crippen molar-refractivity contribution in [1.82, 2.24) is 20.2 Å². The van der Waals surface area contributed by atoms with Crippen molar-refractivity contribution in [3.63, 3.8) is 0 Å². The summed E-state index contributed by atoms with van der Waals surface area (Å²) in [4.78, 5) is 12.5. The molecule has 114 valence electrons. The average molecular weight is 290 g/mol. The highest BCUT2D eigenvalue weighted by Crippen LogP contribution is 2.52. The second-order valence-electron chi connectivity index (χ2n) is 6.90. The second kappa shape index (κ2) is 5.07. The Bertz CT molecular complexity index is 530. The maximum Gasteiger partial charge on any atom is 0.311 e. The molecule has 2 fully saturated rings. The molecule has 2 unspecified atom stereocenters. The zero-order valence-corrected chi connectivity index (χ0v) is 12.3. The van der Waals surface area contributed by atoms with Gasteiger partial charge in [-0.15, -0.1) is 5.10 Å². The predicted molar refractivity (Wildman–Crippen MR) is 74.3 cm³/mol. The molecule has 21 heavy (non-hydrogen) atoms. The summed E-state index contributed by atoms with van der Waals surface area (Å²) < 4.78 is 7.70. The molecule has 0 amide bonds. The highest BCUT2D eigenvalue weighted by molar-refractivity contribution is 5.72. The van der Waals surface area contributed by atoms with Gasteiger partial charge >= 0.3 is 5.97 Å². The highest BCUT2D eigenvalue weighted by atomic mass is 16.5. The SMILES string of the molecule is O=C(OC1CCCC12CCCC2)C1CCc2nnnn2C1. The third-order valence-corrected chi connectivity index (χ3v) is 5.73. The fourth-order valence-corrected chi connectivity index (χ4v) is 4.52. The van der Waals surface area contributed by atoms with Gasteiger partial charge in [0, 0.05) is 11.8 Å². The molecule has 4 rings (SSSR count). The lowest BCUT2D eigenvalue weighted by atomic mass is 9.82. The topological polar surface area (TPSA) is 69.9 Å². The Morgan fingerprint density at radius 1 is 1.19 bits per heavy atom. The molecule has 1 spiro atoms. The number of nitrogens with zero attached hydrogens (tertiary/aromatic N) is 4. The van der Waals surface area contributed by atoms with Crippen LogP contribution in [0.4, 0.5) is 0 Å². The molecule has 0 saturated heterocycles. The second-order valence-corrected chi connectivity index (χ2v) is 6.90. The minimum atomic E-state index is -0.0833. The molecule has 0 bridgehead atoms. The van der Waals surface area contributed by atoms with E-state index in [1.807, 2.05) is 0 Å². The number of fused-ring (bicyclic) bond motifs is 1. The number of ether oxygens (including phenoxy) is 1. The van der Waals surface area contributed by atoms with Crippen molar-refractivity contribution >= 4 is 5.97 Å². The molecular weight excluding hydrogens is 268 g/mol. The van der Waals surface area contributed by atoms with Gasteiger partial charge in [-0.25, -0.2) is 4.68 Å². The molecule has 1 aliphatic heterocycles. The fraction of sp³-hybridized carbons (Fsp3) is 0.867.